The lowest BCUT2D eigenvalue weighted by molar-refractivity contribution is -0.141. The second kappa shape index (κ2) is 7.94. The molecular weight excluding hydrogens is 320 g/mol. The van der Waals surface area contributed by atoms with Gasteiger partial charge in [-0.25, -0.2) is 4.39 Å². The molecule has 0 unspecified atom stereocenters. The van der Waals surface area contributed by atoms with Gasteiger partial charge in [0.2, 0.25) is 0 Å². The van der Waals surface area contributed by atoms with Gasteiger partial charge in [0, 0.05) is 32.2 Å². The minimum Gasteiger partial charge on any atom is -0.314 e. The van der Waals surface area contributed by atoms with Crippen molar-refractivity contribution in [3.05, 3.63) is 47.8 Å². The molecule has 0 spiro atoms. The molecule has 1 aromatic rings. The molecule has 2 rings (SSSR count). The van der Waals surface area contributed by atoms with Gasteiger partial charge in [0.15, 0.2) is 0 Å². The summed E-state index contributed by atoms with van der Waals surface area (Å²) in [5.74, 6) is -1.22. The van der Waals surface area contributed by atoms with Gasteiger partial charge in [-0.1, -0.05) is 18.2 Å². The van der Waals surface area contributed by atoms with E-state index in [1.165, 1.54) is 12.1 Å². The molecule has 1 aromatic carbocycles. The first-order valence-electron chi connectivity index (χ1n) is 6.86. The number of nitrogens with one attached hydrogen (secondary N) is 1. The van der Waals surface area contributed by atoms with Gasteiger partial charge in [-0.05, 0) is 18.1 Å². The van der Waals surface area contributed by atoms with Crippen molar-refractivity contribution in [1.29, 1.82) is 0 Å². The monoisotopic (exact) mass is 338 g/mol. The molecule has 1 aliphatic heterocycles. The number of hydrogen-bond acceptors (Lipinski definition) is 2. The standard InChI is InChI=1S/C15H18F4N2.ClH/c1-2-4-13(21-9-7-20-8-10-21)11-5-3-6-12(16)14(11)15(17,18)19;/h2-3,5-6,13,20H,1,4,7-10H2;1H/t13-;/m1./s1. The van der Waals surface area contributed by atoms with E-state index in [9.17, 15) is 17.6 Å². The molecule has 1 fully saturated rings. The van der Waals surface area contributed by atoms with Crippen LogP contribution in [0, 0.1) is 5.82 Å². The Kier molecular flexibility index (Phi) is 6.84. The predicted molar refractivity (Wildman–Crippen MR) is 80.6 cm³/mol. The number of nitrogens with zero attached hydrogens (tertiary/aromatic N) is 1. The molecule has 0 aromatic heterocycles. The quantitative estimate of drug-likeness (QED) is 0.664. The zero-order valence-corrected chi connectivity index (χ0v) is 12.8. The summed E-state index contributed by atoms with van der Waals surface area (Å²) in [5.41, 5.74) is -1.17. The van der Waals surface area contributed by atoms with Gasteiger partial charge < -0.3 is 5.32 Å². The van der Waals surface area contributed by atoms with Crippen molar-refractivity contribution in [3.63, 3.8) is 0 Å². The van der Waals surface area contributed by atoms with Crippen molar-refractivity contribution >= 4 is 12.4 Å². The molecule has 7 heteroatoms. The third kappa shape index (κ3) is 4.21. The Bertz CT molecular complexity index is 499. The van der Waals surface area contributed by atoms with Crippen molar-refractivity contribution in [2.75, 3.05) is 26.2 Å². The molecule has 1 N–H and O–H groups in total. The Labute approximate surface area is 133 Å². The normalized spacial score (nSPS) is 17.6. The number of rotatable bonds is 4. The van der Waals surface area contributed by atoms with Crippen LogP contribution in [0.3, 0.4) is 0 Å². The fourth-order valence-electron chi connectivity index (χ4n) is 2.74. The van der Waals surface area contributed by atoms with E-state index in [-0.39, 0.29) is 18.0 Å². The van der Waals surface area contributed by atoms with Crippen LogP contribution in [0.5, 0.6) is 0 Å². The highest BCUT2D eigenvalue weighted by Gasteiger charge is 2.39. The number of benzene rings is 1. The molecule has 0 radical (unpaired) electrons. The van der Waals surface area contributed by atoms with Crippen molar-refractivity contribution in [1.82, 2.24) is 10.2 Å². The Morgan fingerprint density at radius 1 is 1.27 bits per heavy atom. The first-order chi connectivity index (χ1) is 9.95. The zero-order valence-electron chi connectivity index (χ0n) is 12.0. The first-order valence-corrected chi connectivity index (χ1v) is 6.86. The molecule has 0 aliphatic carbocycles. The average molecular weight is 339 g/mol. The summed E-state index contributed by atoms with van der Waals surface area (Å²) in [4.78, 5) is 1.95. The van der Waals surface area contributed by atoms with Gasteiger partial charge in [0.05, 0.1) is 5.56 Å². The van der Waals surface area contributed by atoms with E-state index in [0.717, 1.165) is 6.07 Å². The predicted octanol–water partition coefficient (Wildman–Crippen LogP) is 3.79. The third-order valence-corrected chi connectivity index (χ3v) is 3.67. The molecule has 22 heavy (non-hydrogen) atoms. The third-order valence-electron chi connectivity index (χ3n) is 3.67. The van der Waals surface area contributed by atoms with E-state index >= 15 is 0 Å². The number of piperazine rings is 1. The SMILES string of the molecule is C=CC[C@H](c1cccc(F)c1C(F)(F)F)N1CCNCC1.Cl. The van der Waals surface area contributed by atoms with Crippen LogP contribution < -0.4 is 5.32 Å². The van der Waals surface area contributed by atoms with E-state index in [1.54, 1.807) is 6.08 Å². The van der Waals surface area contributed by atoms with Crippen LogP contribution in [0.4, 0.5) is 17.6 Å². The average Bonchev–Trinajstić information content (AvgIpc) is 2.44. The molecule has 2 nitrogen and oxygen atoms in total. The second-order valence-corrected chi connectivity index (χ2v) is 5.03. The summed E-state index contributed by atoms with van der Waals surface area (Å²) >= 11 is 0. The maximum atomic E-state index is 13.7. The summed E-state index contributed by atoms with van der Waals surface area (Å²) in [7, 11) is 0. The molecule has 0 bridgehead atoms. The molecule has 124 valence electrons. The maximum Gasteiger partial charge on any atom is 0.419 e. The van der Waals surface area contributed by atoms with Crippen molar-refractivity contribution in [2.45, 2.75) is 18.6 Å². The van der Waals surface area contributed by atoms with E-state index in [1.807, 2.05) is 4.90 Å². The molecule has 0 amide bonds. The first kappa shape index (κ1) is 18.9. The van der Waals surface area contributed by atoms with Crippen LogP contribution >= 0.6 is 12.4 Å². The van der Waals surface area contributed by atoms with Gasteiger partial charge in [0.25, 0.3) is 0 Å². The van der Waals surface area contributed by atoms with Crippen molar-refractivity contribution in [2.24, 2.45) is 0 Å². The van der Waals surface area contributed by atoms with Crippen LogP contribution in [0.15, 0.2) is 30.9 Å². The van der Waals surface area contributed by atoms with Crippen molar-refractivity contribution < 1.29 is 17.6 Å². The molecule has 1 heterocycles. The number of halogens is 5. The van der Waals surface area contributed by atoms with Crippen LogP contribution in [-0.2, 0) is 6.18 Å². The van der Waals surface area contributed by atoms with Gasteiger partial charge in [-0.15, -0.1) is 19.0 Å². The summed E-state index contributed by atoms with van der Waals surface area (Å²) < 4.78 is 53.3. The molecule has 0 saturated carbocycles. The smallest absolute Gasteiger partial charge is 0.314 e. The lowest BCUT2D eigenvalue weighted by atomic mass is 9.95. The van der Waals surface area contributed by atoms with Crippen LogP contribution in [0.1, 0.15) is 23.6 Å². The van der Waals surface area contributed by atoms with Crippen LogP contribution in [0.25, 0.3) is 0 Å². The second-order valence-electron chi connectivity index (χ2n) is 5.03. The summed E-state index contributed by atoms with van der Waals surface area (Å²) in [6.07, 6.45) is -2.77. The number of hydrogen-bond donors (Lipinski definition) is 1. The molecule has 1 saturated heterocycles. The van der Waals surface area contributed by atoms with Gasteiger partial charge in [-0.2, -0.15) is 13.2 Å². The highest BCUT2D eigenvalue weighted by molar-refractivity contribution is 5.85. The van der Waals surface area contributed by atoms with Crippen molar-refractivity contribution in [3.8, 4) is 0 Å². The Morgan fingerprint density at radius 2 is 1.91 bits per heavy atom. The van der Waals surface area contributed by atoms with Crippen LogP contribution in [0.2, 0.25) is 0 Å². The minimum atomic E-state index is -4.70. The fraction of sp³-hybridized carbons (Fsp3) is 0.467. The largest absolute Gasteiger partial charge is 0.419 e. The summed E-state index contributed by atoms with van der Waals surface area (Å²) in [5, 5.41) is 3.16. The molecular formula is C15H19ClF4N2. The van der Waals surface area contributed by atoms with E-state index in [4.69, 9.17) is 0 Å². The van der Waals surface area contributed by atoms with Gasteiger partial charge >= 0.3 is 6.18 Å². The lowest BCUT2D eigenvalue weighted by Crippen LogP contribution is -2.45. The van der Waals surface area contributed by atoms with E-state index in [2.05, 4.69) is 11.9 Å². The molecule has 1 atom stereocenters. The topological polar surface area (TPSA) is 15.3 Å². The Balaban J connectivity index is 0.00000242. The Hall–Kier alpha value is -1.11. The number of alkyl halides is 3. The highest BCUT2D eigenvalue weighted by Crippen LogP contribution is 2.39. The molecule has 1 aliphatic rings. The van der Waals surface area contributed by atoms with E-state index < -0.39 is 23.6 Å². The van der Waals surface area contributed by atoms with Gasteiger partial charge in [0.1, 0.15) is 5.82 Å². The lowest BCUT2D eigenvalue weighted by Gasteiger charge is -2.36. The fourth-order valence-corrected chi connectivity index (χ4v) is 2.74. The van der Waals surface area contributed by atoms with Crippen LogP contribution in [-0.4, -0.2) is 31.1 Å². The maximum absolute atomic E-state index is 13.7. The zero-order chi connectivity index (χ0) is 15.5. The minimum absolute atomic E-state index is 0. The Morgan fingerprint density at radius 3 is 2.45 bits per heavy atom. The summed E-state index contributed by atoms with van der Waals surface area (Å²) in [6.45, 7) is 6.31. The van der Waals surface area contributed by atoms with Gasteiger partial charge in [-0.3, -0.25) is 4.90 Å². The van der Waals surface area contributed by atoms with E-state index in [0.29, 0.717) is 32.6 Å². The highest BCUT2D eigenvalue weighted by atomic mass is 35.5. The summed E-state index contributed by atoms with van der Waals surface area (Å²) in [6, 6.07) is 3.05.